The number of methoxy groups -OCH3 is 1. The molecule has 0 bridgehead atoms. The summed E-state index contributed by atoms with van der Waals surface area (Å²) in [5.74, 6) is 6.22. The van der Waals surface area contributed by atoms with Gasteiger partial charge in [-0.15, -0.1) is 0 Å². The summed E-state index contributed by atoms with van der Waals surface area (Å²) >= 11 is 0. The van der Waals surface area contributed by atoms with Crippen molar-refractivity contribution in [3.05, 3.63) is 53.8 Å². The van der Waals surface area contributed by atoms with E-state index in [0.29, 0.717) is 28.0 Å². The third-order valence-corrected chi connectivity index (χ3v) is 5.34. The maximum Gasteiger partial charge on any atom is 0.242 e. The number of nitrogens with one attached hydrogen (secondary N) is 1. The molecule has 1 heterocycles. The van der Waals surface area contributed by atoms with Crippen LogP contribution in [-0.4, -0.2) is 34.8 Å². The van der Waals surface area contributed by atoms with Crippen molar-refractivity contribution >= 4 is 26.5 Å². The lowest BCUT2D eigenvalue weighted by Gasteiger charge is -2.10. The number of fused-ring (bicyclic) bond motifs is 1. The normalized spacial score (nSPS) is 11.3. The standard InChI is InChI=1S/C21H19F2NO4S/c1-27-20-12-14(29(2,25)26)9-10-17(20)24-11-5-8-19-16(13-21(22)23)15-6-3-4-7-18(15)28-19/h3-4,6-7,9-10,12,21,24H,11,13H2,1-2H3. The Bertz CT molecular complexity index is 1190. The molecule has 0 spiro atoms. The smallest absolute Gasteiger partial charge is 0.242 e. The number of rotatable bonds is 6. The van der Waals surface area contributed by atoms with Gasteiger partial charge in [-0.25, -0.2) is 17.2 Å². The Morgan fingerprint density at radius 1 is 1.21 bits per heavy atom. The first-order chi connectivity index (χ1) is 13.8. The summed E-state index contributed by atoms with van der Waals surface area (Å²) in [4.78, 5) is 0.143. The van der Waals surface area contributed by atoms with Gasteiger partial charge in [0.1, 0.15) is 11.3 Å². The summed E-state index contributed by atoms with van der Waals surface area (Å²) in [6.45, 7) is 0.180. The van der Waals surface area contributed by atoms with Crippen molar-refractivity contribution in [3.63, 3.8) is 0 Å². The number of sulfone groups is 1. The van der Waals surface area contributed by atoms with Crippen LogP contribution >= 0.6 is 0 Å². The second kappa shape index (κ2) is 8.53. The minimum Gasteiger partial charge on any atom is -0.495 e. The molecule has 5 nitrogen and oxygen atoms in total. The number of halogens is 2. The first-order valence-electron chi connectivity index (χ1n) is 8.69. The van der Waals surface area contributed by atoms with E-state index in [4.69, 9.17) is 9.15 Å². The highest BCUT2D eigenvalue weighted by atomic mass is 32.2. The van der Waals surface area contributed by atoms with Crippen LogP contribution in [0, 0.1) is 11.8 Å². The van der Waals surface area contributed by atoms with E-state index in [0.717, 1.165) is 6.26 Å². The number of para-hydroxylation sites is 1. The topological polar surface area (TPSA) is 68.5 Å². The molecule has 0 fully saturated rings. The largest absolute Gasteiger partial charge is 0.495 e. The molecule has 0 saturated heterocycles. The lowest BCUT2D eigenvalue weighted by Crippen LogP contribution is -2.03. The average Bonchev–Trinajstić information content (AvgIpc) is 3.01. The molecule has 0 atom stereocenters. The molecule has 3 rings (SSSR count). The summed E-state index contributed by atoms with van der Waals surface area (Å²) in [6.07, 6.45) is -1.83. The van der Waals surface area contributed by atoms with Crippen LogP contribution < -0.4 is 10.1 Å². The third-order valence-electron chi connectivity index (χ3n) is 4.23. The van der Waals surface area contributed by atoms with Crippen LogP contribution in [0.15, 0.2) is 51.8 Å². The Labute approximate surface area is 167 Å². The molecule has 0 amide bonds. The lowest BCUT2D eigenvalue weighted by molar-refractivity contribution is 0.149. The van der Waals surface area contributed by atoms with Crippen molar-refractivity contribution in [1.82, 2.24) is 0 Å². The highest BCUT2D eigenvalue weighted by molar-refractivity contribution is 7.90. The van der Waals surface area contributed by atoms with Crippen LogP contribution in [-0.2, 0) is 16.3 Å². The Morgan fingerprint density at radius 3 is 2.66 bits per heavy atom. The molecule has 3 aromatic rings. The molecule has 152 valence electrons. The summed E-state index contributed by atoms with van der Waals surface area (Å²) in [6, 6.07) is 11.4. The minimum absolute atomic E-state index is 0.143. The van der Waals surface area contributed by atoms with Crippen LogP contribution in [0.1, 0.15) is 11.3 Å². The van der Waals surface area contributed by atoms with E-state index in [9.17, 15) is 17.2 Å². The van der Waals surface area contributed by atoms with Crippen molar-refractivity contribution < 1.29 is 26.4 Å². The molecule has 2 aromatic carbocycles. The predicted octanol–water partition coefficient (Wildman–Crippen LogP) is 4.12. The first kappa shape index (κ1) is 20.7. The van der Waals surface area contributed by atoms with Gasteiger partial charge in [0.2, 0.25) is 6.43 Å². The molecule has 1 N–H and O–H groups in total. The molecular formula is C21H19F2NO4S. The fourth-order valence-corrected chi connectivity index (χ4v) is 3.51. The summed E-state index contributed by atoms with van der Waals surface area (Å²) in [5.41, 5.74) is 1.46. The first-order valence-corrected chi connectivity index (χ1v) is 10.6. The molecule has 1 aromatic heterocycles. The Balaban J connectivity index is 1.80. The summed E-state index contributed by atoms with van der Waals surface area (Å²) in [5, 5.41) is 3.65. The summed E-state index contributed by atoms with van der Waals surface area (Å²) < 4.78 is 60.1. The second-order valence-electron chi connectivity index (χ2n) is 6.29. The van der Waals surface area contributed by atoms with E-state index >= 15 is 0 Å². The zero-order chi connectivity index (χ0) is 21.0. The number of hydrogen-bond acceptors (Lipinski definition) is 5. The van der Waals surface area contributed by atoms with Crippen LogP contribution in [0.25, 0.3) is 11.0 Å². The van der Waals surface area contributed by atoms with Crippen molar-refractivity contribution in [2.45, 2.75) is 17.7 Å². The van der Waals surface area contributed by atoms with E-state index in [-0.39, 0.29) is 17.2 Å². The fraction of sp³-hybridized carbons (Fsp3) is 0.238. The number of alkyl halides is 2. The van der Waals surface area contributed by atoms with Gasteiger partial charge in [0.15, 0.2) is 15.6 Å². The molecule has 0 radical (unpaired) electrons. The van der Waals surface area contributed by atoms with Gasteiger partial charge < -0.3 is 14.5 Å². The Hall–Kier alpha value is -3.05. The van der Waals surface area contributed by atoms with E-state index < -0.39 is 22.7 Å². The van der Waals surface area contributed by atoms with Crippen molar-refractivity contribution in [3.8, 4) is 17.6 Å². The van der Waals surface area contributed by atoms with E-state index in [1.807, 2.05) is 0 Å². The average molecular weight is 419 g/mol. The van der Waals surface area contributed by atoms with Gasteiger partial charge in [0.05, 0.1) is 24.2 Å². The molecule has 0 unspecified atom stereocenters. The Morgan fingerprint density at radius 2 is 1.97 bits per heavy atom. The van der Waals surface area contributed by atoms with Gasteiger partial charge in [-0.2, -0.15) is 0 Å². The van der Waals surface area contributed by atoms with E-state index in [1.54, 1.807) is 30.3 Å². The number of hydrogen-bond donors (Lipinski definition) is 1. The third kappa shape index (κ3) is 4.87. The second-order valence-corrected chi connectivity index (χ2v) is 8.31. The van der Waals surface area contributed by atoms with Gasteiger partial charge in [0.25, 0.3) is 0 Å². The quantitative estimate of drug-likeness (QED) is 0.609. The highest BCUT2D eigenvalue weighted by Crippen LogP contribution is 2.28. The van der Waals surface area contributed by atoms with Crippen molar-refractivity contribution in [2.24, 2.45) is 0 Å². The number of furan rings is 1. The molecule has 8 heteroatoms. The minimum atomic E-state index is -3.35. The molecule has 29 heavy (non-hydrogen) atoms. The number of benzene rings is 2. The van der Waals surface area contributed by atoms with Crippen LogP contribution in [0.3, 0.4) is 0 Å². The monoisotopic (exact) mass is 419 g/mol. The van der Waals surface area contributed by atoms with Crippen molar-refractivity contribution in [1.29, 1.82) is 0 Å². The SMILES string of the molecule is COc1cc(S(C)(=O)=O)ccc1NCC#Cc1oc2ccccc2c1CC(F)F. The van der Waals surface area contributed by atoms with Gasteiger partial charge in [-0.1, -0.05) is 24.1 Å². The maximum absolute atomic E-state index is 13.0. The van der Waals surface area contributed by atoms with Crippen LogP contribution in [0.2, 0.25) is 0 Å². The molecule has 0 aliphatic heterocycles. The highest BCUT2D eigenvalue weighted by Gasteiger charge is 2.16. The fourth-order valence-electron chi connectivity index (χ4n) is 2.87. The molecule has 0 saturated carbocycles. The zero-order valence-electron chi connectivity index (χ0n) is 15.8. The van der Waals surface area contributed by atoms with E-state index in [1.165, 1.54) is 19.2 Å². The maximum atomic E-state index is 13.0. The Kier molecular flexibility index (Phi) is 6.09. The zero-order valence-corrected chi connectivity index (χ0v) is 16.6. The van der Waals surface area contributed by atoms with Gasteiger partial charge >= 0.3 is 0 Å². The number of ether oxygens (including phenoxy) is 1. The van der Waals surface area contributed by atoms with Gasteiger partial charge in [-0.05, 0) is 24.1 Å². The van der Waals surface area contributed by atoms with Crippen LogP contribution in [0.5, 0.6) is 5.75 Å². The predicted molar refractivity (Wildman–Crippen MR) is 107 cm³/mol. The van der Waals surface area contributed by atoms with Gasteiger partial charge in [-0.3, -0.25) is 0 Å². The molecule has 0 aliphatic carbocycles. The van der Waals surface area contributed by atoms with Gasteiger partial charge in [0, 0.05) is 29.7 Å². The molecular weight excluding hydrogens is 400 g/mol. The summed E-state index contributed by atoms with van der Waals surface area (Å²) in [7, 11) is -1.92. The molecule has 0 aliphatic rings. The van der Waals surface area contributed by atoms with E-state index in [2.05, 4.69) is 17.2 Å². The lowest BCUT2D eigenvalue weighted by atomic mass is 10.1. The van der Waals surface area contributed by atoms with Crippen LogP contribution in [0.4, 0.5) is 14.5 Å². The van der Waals surface area contributed by atoms with Crippen molar-refractivity contribution in [2.75, 3.05) is 25.2 Å². The number of anilines is 1.